The molecule has 0 aromatic carbocycles. The second kappa shape index (κ2) is 4.88. The van der Waals surface area contributed by atoms with Crippen molar-refractivity contribution >= 4 is 11.9 Å². The van der Waals surface area contributed by atoms with Crippen LogP contribution >= 0.6 is 0 Å². The van der Waals surface area contributed by atoms with Crippen molar-refractivity contribution in [2.24, 2.45) is 11.3 Å². The van der Waals surface area contributed by atoms with Gasteiger partial charge in [-0.05, 0) is 39.8 Å². The Bertz CT molecular complexity index is 358. The van der Waals surface area contributed by atoms with Gasteiger partial charge in [-0.1, -0.05) is 6.42 Å². The molecule has 1 saturated heterocycles. The lowest BCUT2D eigenvalue weighted by molar-refractivity contribution is -0.149. The Kier molecular flexibility index (Phi) is 3.61. The maximum atomic E-state index is 12.1. The molecule has 5 nitrogen and oxygen atoms in total. The summed E-state index contributed by atoms with van der Waals surface area (Å²) in [4.78, 5) is 25.6. The zero-order chi connectivity index (χ0) is 13.3. The summed E-state index contributed by atoms with van der Waals surface area (Å²) in [5.74, 6) is -0.749. The number of hydrogen-bond acceptors (Lipinski definition) is 3. The largest absolute Gasteiger partial charge is 0.481 e. The van der Waals surface area contributed by atoms with Crippen molar-refractivity contribution in [3.8, 4) is 0 Å². The van der Waals surface area contributed by atoms with Crippen LogP contribution in [0, 0.1) is 11.3 Å². The molecule has 3 unspecified atom stereocenters. The molecule has 0 bridgehead atoms. The average molecular weight is 254 g/mol. The zero-order valence-electron chi connectivity index (χ0n) is 11.1. The SMILES string of the molecule is CN1CCC(C(=O)NC2CCCC2(C)C(=O)O)C1. The van der Waals surface area contributed by atoms with Crippen molar-refractivity contribution in [3.63, 3.8) is 0 Å². The zero-order valence-corrected chi connectivity index (χ0v) is 11.1. The minimum absolute atomic E-state index is 0.0219. The second-order valence-electron chi connectivity index (χ2n) is 5.92. The maximum absolute atomic E-state index is 12.1. The van der Waals surface area contributed by atoms with Crippen LogP contribution in [0.2, 0.25) is 0 Å². The smallest absolute Gasteiger partial charge is 0.311 e. The fourth-order valence-electron chi connectivity index (χ4n) is 3.09. The Morgan fingerprint density at radius 2 is 2.11 bits per heavy atom. The molecule has 1 amide bonds. The molecule has 5 heteroatoms. The van der Waals surface area contributed by atoms with Crippen molar-refractivity contribution in [1.82, 2.24) is 10.2 Å². The molecule has 0 radical (unpaired) electrons. The molecule has 2 fully saturated rings. The van der Waals surface area contributed by atoms with Crippen molar-refractivity contribution < 1.29 is 14.7 Å². The van der Waals surface area contributed by atoms with Crippen LogP contribution < -0.4 is 5.32 Å². The van der Waals surface area contributed by atoms with Crippen LogP contribution in [0.3, 0.4) is 0 Å². The van der Waals surface area contributed by atoms with E-state index in [2.05, 4.69) is 10.2 Å². The summed E-state index contributed by atoms with van der Waals surface area (Å²) < 4.78 is 0. The summed E-state index contributed by atoms with van der Waals surface area (Å²) in [5, 5.41) is 12.3. The van der Waals surface area contributed by atoms with Crippen LogP contribution in [0.1, 0.15) is 32.6 Å². The first-order chi connectivity index (χ1) is 8.43. The van der Waals surface area contributed by atoms with Crippen LogP contribution in [0.4, 0.5) is 0 Å². The number of aliphatic carboxylic acids is 1. The summed E-state index contributed by atoms with van der Waals surface area (Å²) in [6.07, 6.45) is 3.17. The van der Waals surface area contributed by atoms with Gasteiger partial charge in [0.2, 0.25) is 5.91 Å². The predicted molar refractivity (Wildman–Crippen MR) is 67.1 cm³/mol. The Balaban J connectivity index is 1.96. The van der Waals surface area contributed by atoms with Crippen LogP contribution in [-0.2, 0) is 9.59 Å². The third kappa shape index (κ3) is 2.36. The minimum Gasteiger partial charge on any atom is -0.481 e. The van der Waals surface area contributed by atoms with E-state index >= 15 is 0 Å². The highest BCUT2D eigenvalue weighted by molar-refractivity contribution is 5.82. The molecule has 1 saturated carbocycles. The predicted octanol–water partition coefficient (Wildman–Crippen LogP) is 0.698. The summed E-state index contributed by atoms with van der Waals surface area (Å²) >= 11 is 0. The quantitative estimate of drug-likeness (QED) is 0.778. The lowest BCUT2D eigenvalue weighted by Gasteiger charge is -2.28. The Morgan fingerprint density at radius 1 is 1.39 bits per heavy atom. The highest BCUT2D eigenvalue weighted by Gasteiger charge is 2.46. The molecule has 2 aliphatic rings. The van der Waals surface area contributed by atoms with Gasteiger partial charge in [0.25, 0.3) is 0 Å². The topological polar surface area (TPSA) is 69.6 Å². The van der Waals surface area contributed by atoms with E-state index in [1.54, 1.807) is 6.92 Å². The van der Waals surface area contributed by atoms with Gasteiger partial charge in [0.15, 0.2) is 0 Å². The van der Waals surface area contributed by atoms with Crippen LogP contribution in [-0.4, -0.2) is 48.1 Å². The first-order valence-corrected chi connectivity index (χ1v) is 6.66. The van der Waals surface area contributed by atoms with Crippen molar-refractivity contribution in [2.45, 2.75) is 38.6 Å². The van der Waals surface area contributed by atoms with Crippen molar-refractivity contribution in [3.05, 3.63) is 0 Å². The van der Waals surface area contributed by atoms with E-state index in [0.29, 0.717) is 6.42 Å². The molecule has 0 spiro atoms. The van der Waals surface area contributed by atoms with Crippen molar-refractivity contribution in [2.75, 3.05) is 20.1 Å². The third-order valence-electron chi connectivity index (χ3n) is 4.53. The molecule has 18 heavy (non-hydrogen) atoms. The number of carbonyl (C=O) groups excluding carboxylic acids is 1. The van der Waals surface area contributed by atoms with E-state index in [1.165, 1.54) is 0 Å². The van der Waals surface area contributed by atoms with Gasteiger partial charge in [-0.15, -0.1) is 0 Å². The summed E-state index contributed by atoms with van der Waals surface area (Å²) in [5.41, 5.74) is -0.792. The summed E-state index contributed by atoms with van der Waals surface area (Å²) in [6, 6.07) is -0.214. The van der Waals surface area contributed by atoms with E-state index in [-0.39, 0.29) is 17.9 Å². The third-order valence-corrected chi connectivity index (χ3v) is 4.53. The lowest BCUT2D eigenvalue weighted by atomic mass is 9.84. The van der Waals surface area contributed by atoms with Crippen LogP contribution in [0.5, 0.6) is 0 Å². The van der Waals surface area contributed by atoms with E-state index in [4.69, 9.17) is 0 Å². The van der Waals surface area contributed by atoms with Gasteiger partial charge in [-0.25, -0.2) is 0 Å². The van der Waals surface area contributed by atoms with Crippen LogP contribution in [0.15, 0.2) is 0 Å². The van der Waals surface area contributed by atoms with E-state index in [9.17, 15) is 14.7 Å². The van der Waals surface area contributed by atoms with Gasteiger partial charge in [-0.3, -0.25) is 9.59 Å². The summed E-state index contributed by atoms with van der Waals surface area (Å²) in [6.45, 7) is 3.47. The molecule has 0 aromatic rings. The molecule has 1 heterocycles. The second-order valence-corrected chi connectivity index (χ2v) is 5.92. The maximum Gasteiger partial charge on any atom is 0.311 e. The highest BCUT2D eigenvalue weighted by Crippen LogP contribution is 2.38. The minimum atomic E-state index is -0.797. The molecule has 0 aromatic heterocycles. The van der Waals surface area contributed by atoms with Crippen molar-refractivity contribution in [1.29, 1.82) is 0 Å². The average Bonchev–Trinajstić information content (AvgIpc) is 2.87. The molecule has 102 valence electrons. The molecule has 1 aliphatic carbocycles. The van der Waals surface area contributed by atoms with Gasteiger partial charge in [0.05, 0.1) is 11.3 Å². The number of carboxylic acid groups (broad SMARTS) is 1. The normalized spacial score (nSPS) is 36.8. The number of likely N-dealkylation sites (tertiary alicyclic amines) is 1. The Morgan fingerprint density at radius 3 is 2.67 bits per heavy atom. The van der Waals surface area contributed by atoms with Gasteiger partial charge in [0, 0.05) is 12.6 Å². The van der Waals surface area contributed by atoms with E-state index in [0.717, 1.165) is 32.4 Å². The van der Waals surface area contributed by atoms with Gasteiger partial charge >= 0.3 is 5.97 Å². The lowest BCUT2D eigenvalue weighted by Crippen LogP contribution is -2.49. The molecule has 3 atom stereocenters. The molecular formula is C13H22N2O3. The molecule has 2 rings (SSSR count). The molecule has 1 aliphatic heterocycles. The standard InChI is InChI=1S/C13H22N2O3/c1-13(12(17)18)6-3-4-10(13)14-11(16)9-5-7-15(2)8-9/h9-10H,3-8H2,1-2H3,(H,14,16)(H,17,18). The highest BCUT2D eigenvalue weighted by atomic mass is 16.4. The first-order valence-electron chi connectivity index (χ1n) is 6.66. The Labute approximate surface area is 108 Å². The number of carboxylic acids is 1. The van der Waals surface area contributed by atoms with E-state index in [1.807, 2.05) is 7.05 Å². The number of rotatable bonds is 3. The monoisotopic (exact) mass is 254 g/mol. The number of hydrogen-bond donors (Lipinski definition) is 2. The van der Waals surface area contributed by atoms with E-state index < -0.39 is 11.4 Å². The number of amides is 1. The van der Waals surface area contributed by atoms with Crippen LogP contribution in [0.25, 0.3) is 0 Å². The number of carbonyl (C=O) groups is 2. The number of nitrogens with zero attached hydrogens (tertiary/aromatic N) is 1. The fourth-order valence-corrected chi connectivity index (χ4v) is 3.09. The molecular weight excluding hydrogens is 232 g/mol. The first kappa shape index (κ1) is 13.3. The fraction of sp³-hybridized carbons (Fsp3) is 0.846. The van der Waals surface area contributed by atoms with Gasteiger partial charge < -0.3 is 15.3 Å². The number of nitrogens with one attached hydrogen (secondary N) is 1. The van der Waals surface area contributed by atoms with Gasteiger partial charge in [-0.2, -0.15) is 0 Å². The summed E-state index contributed by atoms with van der Waals surface area (Å²) in [7, 11) is 2.00. The van der Waals surface area contributed by atoms with Gasteiger partial charge in [0.1, 0.15) is 0 Å². The molecule has 2 N–H and O–H groups in total. The Hall–Kier alpha value is -1.10.